The third kappa shape index (κ3) is 1.65. The number of hydrogen-bond acceptors (Lipinski definition) is 2. The van der Waals surface area contributed by atoms with Gasteiger partial charge in [-0.2, -0.15) is 0 Å². The zero-order chi connectivity index (χ0) is 11.1. The Morgan fingerprint density at radius 1 is 1.12 bits per heavy atom. The van der Waals surface area contributed by atoms with E-state index in [1.807, 2.05) is 0 Å². The van der Waals surface area contributed by atoms with Gasteiger partial charge in [-0.25, -0.2) is 0 Å². The van der Waals surface area contributed by atoms with Gasteiger partial charge in [0.25, 0.3) is 0 Å². The minimum Gasteiger partial charge on any atom is -0.364 e. The SMILES string of the molecule is COCNC(=O)C1C2CC3CC(C2)CC1C3. The van der Waals surface area contributed by atoms with Gasteiger partial charge in [0.15, 0.2) is 0 Å². The molecular weight excluding hydrogens is 202 g/mol. The zero-order valence-electron chi connectivity index (χ0n) is 9.95. The van der Waals surface area contributed by atoms with Crippen LogP contribution in [0.5, 0.6) is 0 Å². The van der Waals surface area contributed by atoms with Gasteiger partial charge < -0.3 is 10.1 Å². The Morgan fingerprint density at radius 2 is 1.69 bits per heavy atom. The molecule has 1 amide bonds. The van der Waals surface area contributed by atoms with Gasteiger partial charge in [-0.15, -0.1) is 0 Å². The molecular formula is C13H21NO2. The summed E-state index contributed by atoms with van der Waals surface area (Å²) < 4.78 is 4.92. The lowest BCUT2D eigenvalue weighted by molar-refractivity contribution is -0.139. The molecule has 0 saturated heterocycles. The van der Waals surface area contributed by atoms with E-state index in [0.29, 0.717) is 24.5 Å². The summed E-state index contributed by atoms with van der Waals surface area (Å²) in [6.07, 6.45) is 6.66. The van der Waals surface area contributed by atoms with Crippen LogP contribution in [0.4, 0.5) is 0 Å². The predicted octanol–water partition coefficient (Wildman–Crippen LogP) is 1.78. The molecule has 0 unspecified atom stereocenters. The highest BCUT2D eigenvalue weighted by Crippen LogP contribution is 2.56. The summed E-state index contributed by atoms with van der Waals surface area (Å²) >= 11 is 0. The second-order valence-electron chi connectivity index (χ2n) is 5.93. The number of carbonyl (C=O) groups is 1. The molecule has 16 heavy (non-hydrogen) atoms. The first kappa shape index (κ1) is 10.6. The Morgan fingerprint density at radius 3 is 2.19 bits per heavy atom. The number of hydrogen-bond donors (Lipinski definition) is 1. The lowest BCUT2D eigenvalue weighted by Crippen LogP contribution is -2.51. The molecule has 0 aliphatic heterocycles. The van der Waals surface area contributed by atoms with Crippen molar-refractivity contribution in [1.82, 2.24) is 5.32 Å². The van der Waals surface area contributed by atoms with Crippen LogP contribution >= 0.6 is 0 Å². The maximum absolute atomic E-state index is 12.1. The van der Waals surface area contributed by atoms with E-state index in [9.17, 15) is 4.79 Å². The summed E-state index contributed by atoms with van der Waals surface area (Å²) in [6, 6.07) is 0. The molecule has 90 valence electrons. The van der Waals surface area contributed by atoms with E-state index in [2.05, 4.69) is 5.32 Å². The summed E-state index contributed by atoms with van der Waals surface area (Å²) in [6.45, 7) is 0.363. The second kappa shape index (κ2) is 4.02. The van der Waals surface area contributed by atoms with Gasteiger partial charge in [-0.3, -0.25) is 4.79 Å². The van der Waals surface area contributed by atoms with E-state index in [4.69, 9.17) is 4.74 Å². The van der Waals surface area contributed by atoms with Gasteiger partial charge in [0, 0.05) is 13.0 Å². The van der Waals surface area contributed by atoms with Gasteiger partial charge >= 0.3 is 0 Å². The molecule has 0 heterocycles. The minimum atomic E-state index is 0.246. The number of nitrogens with one attached hydrogen (secondary N) is 1. The Kier molecular flexibility index (Phi) is 2.66. The van der Waals surface area contributed by atoms with Crippen molar-refractivity contribution >= 4 is 5.91 Å². The number of ether oxygens (including phenoxy) is 1. The molecule has 0 aromatic rings. The second-order valence-corrected chi connectivity index (χ2v) is 5.93. The topological polar surface area (TPSA) is 38.3 Å². The largest absolute Gasteiger partial charge is 0.364 e. The van der Waals surface area contributed by atoms with Crippen molar-refractivity contribution in [3.05, 3.63) is 0 Å². The van der Waals surface area contributed by atoms with Crippen LogP contribution in [0.1, 0.15) is 32.1 Å². The molecule has 0 atom stereocenters. The Hall–Kier alpha value is -0.570. The molecule has 4 aliphatic carbocycles. The van der Waals surface area contributed by atoms with Gasteiger partial charge in [-0.05, 0) is 55.8 Å². The van der Waals surface area contributed by atoms with Crippen molar-refractivity contribution in [2.75, 3.05) is 13.8 Å². The normalized spacial score (nSPS) is 44.7. The van der Waals surface area contributed by atoms with Gasteiger partial charge in [0.1, 0.15) is 6.73 Å². The van der Waals surface area contributed by atoms with Crippen LogP contribution in [-0.4, -0.2) is 19.7 Å². The summed E-state index contributed by atoms with van der Waals surface area (Å²) in [5.74, 6) is 3.77. The lowest BCUT2D eigenvalue weighted by Gasteiger charge is -2.53. The minimum absolute atomic E-state index is 0.246. The van der Waals surface area contributed by atoms with Gasteiger partial charge in [0.2, 0.25) is 5.91 Å². The molecule has 0 radical (unpaired) electrons. The molecule has 4 rings (SSSR count). The molecule has 4 fully saturated rings. The van der Waals surface area contributed by atoms with Crippen LogP contribution in [-0.2, 0) is 9.53 Å². The van der Waals surface area contributed by atoms with Crippen LogP contribution in [0.25, 0.3) is 0 Å². The first-order chi connectivity index (χ1) is 7.78. The van der Waals surface area contributed by atoms with Crippen LogP contribution in [0.2, 0.25) is 0 Å². The van der Waals surface area contributed by atoms with E-state index >= 15 is 0 Å². The van der Waals surface area contributed by atoms with Crippen LogP contribution in [0, 0.1) is 29.6 Å². The zero-order valence-corrected chi connectivity index (χ0v) is 9.95. The highest BCUT2D eigenvalue weighted by atomic mass is 16.5. The van der Waals surface area contributed by atoms with Gasteiger partial charge in [-0.1, -0.05) is 0 Å². The van der Waals surface area contributed by atoms with Crippen molar-refractivity contribution in [1.29, 1.82) is 0 Å². The maximum atomic E-state index is 12.1. The molecule has 0 aromatic heterocycles. The highest BCUT2D eigenvalue weighted by molar-refractivity contribution is 5.79. The van der Waals surface area contributed by atoms with Crippen molar-refractivity contribution in [3.63, 3.8) is 0 Å². The molecule has 4 bridgehead atoms. The van der Waals surface area contributed by atoms with Crippen molar-refractivity contribution in [2.24, 2.45) is 29.6 Å². The fourth-order valence-electron chi connectivity index (χ4n) is 4.61. The van der Waals surface area contributed by atoms with E-state index < -0.39 is 0 Å². The van der Waals surface area contributed by atoms with Crippen molar-refractivity contribution in [2.45, 2.75) is 32.1 Å². The van der Waals surface area contributed by atoms with E-state index in [-0.39, 0.29) is 5.91 Å². The van der Waals surface area contributed by atoms with Crippen molar-refractivity contribution < 1.29 is 9.53 Å². The monoisotopic (exact) mass is 223 g/mol. The van der Waals surface area contributed by atoms with E-state index in [1.54, 1.807) is 7.11 Å². The highest BCUT2D eigenvalue weighted by Gasteiger charge is 2.50. The number of rotatable bonds is 3. The van der Waals surface area contributed by atoms with Gasteiger partial charge in [0.05, 0.1) is 0 Å². The molecule has 3 nitrogen and oxygen atoms in total. The summed E-state index contributed by atoms with van der Waals surface area (Å²) in [4.78, 5) is 12.1. The Labute approximate surface area is 96.9 Å². The standard InChI is InChI=1S/C13H21NO2/c1-16-7-14-13(15)12-10-3-8-2-9(5-10)6-11(12)4-8/h8-12H,2-7H2,1H3,(H,14,15). The molecule has 0 aromatic carbocycles. The maximum Gasteiger partial charge on any atom is 0.225 e. The molecule has 3 heteroatoms. The predicted molar refractivity (Wildman–Crippen MR) is 60.6 cm³/mol. The van der Waals surface area contributed by atoms with Crippen LogP contribution in [0.15, 0.2) is 0 Å². The molecule has 0 spiro atoms. The number of amides is 1. The first-order valence-corrected chi connectivity index (χ1v) is 6.54. The smallest absolute Gasteiger partial charge is 0.225 e. The average molecular weight is 223 g/mol. The fraction of sp³-hybridized carbons (Fsp3) is 0.923. The summed E-state index contributed by atoms with van der Waals surface area (Å²) in [5, 5.41) is 2.90. The first-order valence-electron chi connectivity index (χ1n) is 6.54. The Bertz CT molecular complexity index is 262. The lowest BCUT2D eigenvalue weighted by atomic mass is 9.51. The Balaban J connectivity index is 1.69. The summed E-state index contributed by atoms with van der Waals surface area (Å²) in [5.41, 5.74) is 0. The molecule has 4 saturated carbocycles. The quantitative estimate of drug-likeness (QED) is 0.741. The van der Waals surface area contributed by atoms with E-state index in [0.717, 1.165) is 11.8 Å². The van der Waals surface area contributed by atoms with E-state index in [1.165, 1.54) is 32.1 Å². The number of methoxy groups -OCH3 is 1. The fourth-order valence-corrected chi connectivity index (χ4v) is 4.61. The third-order valence-corrected chi connectivity index (χ3v) is 4.92. The molecule has 4 aliphatic rings. The third-order valence-electron chi connectivity index (χ3n) is 4.92. The summed E-state index contributed by atoms with van der Waals surface area (Å²) in [7, 11) is 1.62. The number of carbonyl (C=O) groups excluding carboxylic acids is 1. The van der Waals surface area contributed by atoms with Crippen LogP contribution < -0.4 is 5.32 Å². The van der Waals surface area contributed by atoms with Crippen molar-refractivity contribution in [3.8, 4) is 0 Å². The van der Waals surface area contributed by atoms with Crippen LogP contribution in [0.3, 0.4) is 0 Å². The molecule has 1 N–H and O–H groups in total. The average Bonchev–Trinajstić information content (AvgIpc) is 2.24.